The molecule has 1 aliphatic carbocycles. The zero-order valence-corrected chi connectivity index (χ0v) is 27.0. The van der Waals surface area contributed by atoms with Gasteiger partial charge in [0.05, 0.1) is 34.5 Å². The molecule has 0 fully saturated rings. The Morgan fingerprint density at radius 2 is 1.49 bits per heavy atom. The molecule has 2 aliphatic rings. The molecule has 4 heterocycles. The number of allylic oxidation sites excluding steroid dienone is 2. The number of amides is 3. The molecular formula is C33H39N11O3. The number of carbonyl (C=O) groups is 3. The average Bonchev–Trinajstić information content (AvgIpc) is 3.81. The Balaban J connectivity index is 1.19. The van der Waals surface area contributed by atoms with E-state index < -0.39 is 5.91 Å². The highest BCUT2D eigenvalue weighted by molar-refractivity contribution is 6.06. The summed E-state index contributed by atoms with van der Waals surface area (Å²) in [5.74, 6) is -0.222. The molecule has 0 saturated heterocycles. The van der Waals surface area contributed by atoms with Gasteiger partial charge in [-0.05, 0) is 70.9 Å². The van der Waals surface area contributed by atoms with Crippen molar-refractivity contribution in [2.24, 2.45) is 10.7 Å². The van der Waals surface area contributed by atoms with Crippen LogP contribution in [0.25, 0.3) is 11.0 Å². The maximum absolute atomic E-state index is 13.3. The Labute approximate surface area is 272 Å². The zero-order chi connectivity index (χ0) is 33.2. The van der Waals surface area contributed by atoms with E-state index in [2.05, 4.69) is 36.8 Å². The minimum atomic E-state index is -0.552. The average molecular weight is 638 g/mol. The van der Waals surface area contributed by atoms with E-state index in [-0.39, 0.29) is 23.9 Å². The molecule has 1 aromatic carbocycles. The first-order valence-electron chi connectivity index (χ1n) is 15.9. The number of guanidine groups is 1. The van der Waals surface area contributed by atoms with E-state index in [1.165, 1.54) is 0 Å². The molecule has 0 saturated carbocycles. The van der Waals surface area contributed by atoms with Crippen molar-refractivity contribution in [1.82, 2.24) is 39.3 Å². The predicted octanol–water partition coefficient (Wildman–Crippen LogP) is 3.18. The molecule has 0 bridgehead atoms. The number of carbonyl (C=O) groups excluding carboxylic acids is 3. The van der Waals surface area contributed by atoms with Crippen LogP contribution in [0, 0.1) is 13.8 Å². The molecule has 3 aromatic heterocycles. The fourth-order valence-electron chi connectivity index (χ4n) is 6.13. The number of fused-ring (bicyclic) bond motifs is 2. The van der Waals surface area contributed by atoms with E-state index in [1.807, 2.05) is 50.5 Å². The molecule has 1 aliphatic heterocycles. The number of imidazole rings is 1. The number of anilines is 1. The maximum Gasteiger partial charge on any atom is 0.276 e. The molecule has 47 heavy (non-hydrogen) atoms. The van der Waals surface area contributed by atoms with Crippen LogP contribution in [0.3, 0.4) is 0 Å². The number of aromatic nitrogens is 6. The fourth-order valence-corrected chi connectivity index (χ4v) is 6.13. The molecule has 6 rings (SSSR count). The summed E-state index contributed by atoms with van der Waals surface area (Å²) >= 11 is 0. The summed E-state index contributed by atoms with van der Waals surface area (Å²) in [6.07, 6.45) is 9.61. The van der Waals surface area contributed by atoms with Crippen LogP contribution in [0.2, 0.25) is 0 Å². The summed E-state index contributed by atoms with van der Waals surface area (Å²) in [6, 6.07) is 8.52. The number of unbranched alkanes of at least 4 members (excludes halogenated alkanes) is 1. The van der Waals surface area contributed by atoms with E-state index >= 15 is 0 Å². The number of nitrogens with zero attached hydrogens (tertiary/aromatic N) is 8. The molecule has 14 nitrogen and oxygen atoms in total. The van der Waals surface area contributed by atoms with Gasteiger partial charge in [0.25, 0.3) is 11.8 Å². The van der Waals surface area contributed by atoms with Crippen molar-refractivity contribution >= 4 is 40.7 Å². The van der Waals surface area contributed by atoms with E-state index in [9.17, 15) is 14.4 Å². The number of primary amides is 1. The lowest BCUT2D eigenvalue weighted by Gasteiger charge is -2.28. The summed E-state index contributed by atoms with van der Waals surface area (Å²) in [6.45, 7) is 9.89. The van der Waals surface area contributed by atoms with E-state index in [1.54, 1.807) is 39.7 Å². The molecule has 244 valence electrons. The van der Waals surface area contributed by atoms with Crippen molar-refractivity contribution in [3.8, 4) is 0 Å². The van der Waals surface area contributed by atoms with Crippen LogP contribution in [0.15, 0.2) is 59.6 Å². The zero-order valence-electron chi connectivity index (χ0n) is 27.0. The van der Waals surface area contributed by atoms with Crippen molar-refractivity contribution in [3.05, 3.63) is 83.0 Å². The van der Waals surface area contributed by atoms with Gasteiger partial charge in [-0.2, -0.15) is 10.2 Å². The first kappa shape index (κ1) is 31.5. The van der Waals surface area contributed by atoms with Crippen molar-refractivity contribution < 1.29 is 14.4 Å². The van der Waals surface area contributed by atoms with Gasteiger partial charge in [0.15, 0.2) is 0 Å². The van der Waals surface area contributed by atoms with Gasteiger partial charge in [-0.1, -0.05) is 24.3 Å². The molecule has 2 unspecified atom stereocenters. The van der Waals surface area contributed by atoms with Crippen LogP contribution in [0.5, 0.6) is 0 Å². The summed E-state index contributed by atoms with van der Waals surface area (Å²) in [5.41, 5.74) is 9.64. The highest BCUT2D eigenvalue weighted by Gasteiger charge is 2.35. The largest absolute Gasteiger partial charge is 0.366 e. The maximum atomic E-state index is 13.3. The van der Waals surface area contributed by atoms with Gasteiger partial charge in [-0.15, -0.1) is 0 Å². The van der Waals surface area contributed by atoms with Crippen LogP contribution in [0.4, 0.5) is 5.95 Å². The Morgan fingerprint density at radius 1 is 0.851 bits per heavy atom. The molecule has 14 heteroatoms. The third-order valence-corrected chi connectivity index (χ3v) is 8.36. The molecule has 0 spiro atoms. The second kappa shape index (κ2) is 13.1. The van der Waals surface area contributed by atoms with Crippen LogP contribution >= 0.6 is 0 Å². The number of rotatable bonds is 11. The Hall–Kier alpha value is -5.53. The summed E-state index contributed by atoms with van der Waals surface area (Å²) in [5, 5.41) is 14.8. The van der Waals surface area contributed by atoms with E-state index in [0.717, 1.165) is 29.7 Å². The number of benzene rings is 1. The Kier molecular flexibility index (Phi) is 8.74. The fraction of sp³-hybridized carbons (Fsp3) is 0.364. The van der Waals surface area contributed by atoms with Gasteiger partial charge in [0, 0.05) is 31.7 Å². The lowest BCUT2D eigenvalue weighted by atomic mass is 10.0. The number of aryl methyl sites for hydroxylation is 5. The first-order chi connectivity index (χ1) is 22.7. The van der Waals surface area contributed by atoms with Gasteiger partial charge >= 0.3 is 0 Å². The van der Waals surface area contributed by atoms with Gasteiger partial charge in [-0.3, -0.25) is 34.4 Å². The van der Waals surface area contributed by atoms with E-state index in [4.69, 9.17) is 10.7 Å². The molecular weight excluding hydrogens is 598 g/mol. The second-order valence-corrected chi connectivity index (χ2v) is 11.6. The van der Waals surface area contributed by atoms with Crippen LogP contribution < -0.4 is 16.4 Å². The number of hydrogen-bond acceptors (Lipinski definition) is 8. The topological polar surface area (TPSA) is 170 Å². The second-order valence-electron chi connectivity index (χ2n) is 11.6. The summed E-state index contributed by atoms with van der Waals surface area (Å²) in [4.78, 5) is 50.2. The van der Waals surface area contributed by atoms with Crippen molar-refractivity contribution in [1.29, 1.82) is 0 Å². The standard InChI is InChI=1S/C33H39N11O3/c1-5-43-27(17-20(3)39-43)30(46)37-32-35-23-11-7-8-12-25(23)41(32)15-9-10-16-42-26-14-13-22(29(34)45)19-24(26)36-33(42)38-31(47)28-18-21(4)40-44(28)6-2/h7-8,11-14,17-19,23,25H,5-6,9-10,15-16H2,1-4H3,(H2,34,45)(H,35,37,46)(H,36,38,47). The van der Waals surface area contributed by atoms with Gasteiger partial charge in [-0.25, -0.2) is 9.98 Å². The van der Waals surface area contributed by atoms with Crippen LogP contribution in [-0.2, 0) is 19.6 Å². The summed E-state index contributed by atoms with van der Waals surface area (Å²) < 4.78 is 5.28. The third kappa shape index (κ3) is 6.30. The summed E-state index contributed by atoms with van der Waals surface area (Å²) in [7, 11) is 0. The minimum absolute atomic E-state index is 0.00357. The smallest absolute Gasteiger partial charge is 0.276 e. The quantitative estimate of drug-likeness (QED) is 0.212. The predicted molar refractivity (Wildman–Crippen MR) is 178 cm³/mol. The molecule has 4 aromatic rings. The normalized spacial score (nSPS) is 16.9. The van der Waals surface area contributed by atoms with Crippen LogP contribution in [0.1, 0.15) is 69.4 Å². The number of aliphatic imine (C=N–C) groups is 1. The third-order valence-electron chi connectivity index (χ3n) is 8.36. The number of nitrogens with one attached hydrogen (secondary N) is 2. The highest BCUT2D eigenvalue weighted by Crippen LogP contribution is 2.25. The van der Waals surface area contributed by atoms with E-state index in [0.29, 0.717) is 60.6 Å². The van der Waals surface area contributed by atoms with Crippen molar-refractivity contribution in [3.63, 3.8) is 0 Å². The number of hydrogen-bond donors (Lipinski definition) is 3. The SMILES string of the molecule is CCn1nc(C)cc1C(=O)NC1=NC2C=CC=CC2N1CCCCn1c(NC(=O)c2cc(C)nn2CC)nc2cc(C(N)=O)ccc21. The lowest BCUT2D eigenvalue weighted by Crippen LogP contribution is -2.47. The van der Waals surface area contributed by atoms with Gasteiger partial charge < -0.3 is 15.2 Å². The number of nitrogens with two attached hydrogens (primary N) is 1. The molecule has 2 atom stereocenters. The monoisotopic (exact) mass is 637 g/mol. The van der Waals surface area contributed by atoms with Gasteiger partial charge in [0.1, 0.15) is 11.4 Å². The molecule has 3 amide bonds. The van der Waals surface area contributed by atoms with Crippen molar-refractivity contribution in [2.75, 3.05) is 11.9 Å². The minimum Gasteiger partial charge on any atom is -0.366 e. The van der Waals surface area contributed by atoms with Gasteiger partial charge in [0.2, 0.25) is 17.8 Å². The Morgan fingerprint density at radius 3 is 2.15 bits per heavy atom. The van der Waals surface area contributed by atoms with Crippen LogP contribution in [-0.4, -0.2) is 76.3 Å². The first-order valence-corrected chi connectivity index (χ1v) is 15.9. The highest BCUT2D eigenvalue weighted by atomic mass is 16.2. The molecule has 0 radical (unpaired) electrons. The lowest BCUT2D eigenvalue weighted by molar-refractivity contribution is 0.0959. The Bertz CT molecular complexity index is 1940. The van der Waals surface area contributed by atoms with Crippen molar-refractivity contribution in [2.45, 2.75) is 72.3 Å². The molecule has 4 N–H and O–H groups in total.